The van der Waals surface area contributed by atoms with Crippen molar-refractivity contribution in [3.05, 3.63) is 40.4 Å². The van der Waals surface area contributed by atoms with Crippen molar-refractivity contribution in [2.45, 2.75) is 6.92 Å². The van der Waals surface area contributed by atoms with E-state index in [0.717, 1.165) is 0 Å². The zero-order valence-electron chi connectivity index (χ0n) is 14.3. The second kappa shape index (κ2) is 7.13. The number of nitrogens with one attached hydrogen (secondary N) is 1. The van der Waals surface area contributed by atoms with Gasteiger partial charge in [0.1, 0.15) is 0 Å². The molecule has 7 nitrogen and oxygen atoms in total. The maximum absolute atomic E-state index is 12.7. The number of anilines is 1. The minimum atomic E-state index is -0.464. The average molecular weight is 378 g/mol. The van der Waals surface area contributed by atoms with Gasteiger partial charge in [0.05, 0.1) is 24.9 Å². The third-order valence-electron chi connectivity index (χ3n) is 3.84. The SMILES string of the molecule is COc1cc(C(=O)Nc2cc3c(cc2C(C)=O)OCO3)cc(Cl)c1OC. The standard InChI is InChI=1S/C18H16ClNO6/c1-9(21)11-6-14-15(26-8-25-14)7-13(11)20-18(22)10-4-12(19)17(24-3)16(5-10)23-2/h4-7H,8H2,1-3H3,(H,20,22). The van der Waals surface area contributed by atoms with E-state index in [0.29, 0.717) is 34.2 Å². The van der Waals surface area contributed by atoms with Gasteiger partial charge in [0, 0.05) is 17.2 Å². The highest BCUT2D eigenvalue weighted by Gasteiger charge is 2.22. The van der Waals surface area contributed by atoms with E-state index in [2.05, 4.69) is 5.32 Å². The summed E-state index contributed by atoms with van der Waals surface area (Å²) in [5, 5.41) is 2.93. The molecule has 2 aromatic rings. The van der Waals surface area contributed by atoms with Crippen LogP contribution in [0.1, 0.15) is 27.6 Å². The van der Waals surface area contributed by atoms with E-state index in [1.54, 1.807) is 12.1 Å². The smallest absolute Gasteiger partial charge is 0.255 e. The number of halogens is 1. The van der Waals surface area contributed by atoms with Gasteiger partial charge in [0.25, 0.3) is 5.91 Å². The van der Waals surface area contributed by atoms with Crippen LogP contribution in [0.3, 0.4) is 0 Å². The van der Waals surface area contributed by atoms with Crippen molar-refractivity contribution in [3.8, 4) is 23.0 Å². The van der Waals surface area contributed by atoms with E-state index >= 15 is 0 Å². The molecule has 1 aliphatic heterocycles. The first-order valence-corrected chi connectivity index (χ1v) is 7.99. The van der Waals surface area contributed by atoms with Crippen molar-refractivity contribution in [2.24, 2.45) is 0 Å². The lowest BCUT2D eigenvalue weighted by Gasteiger charge is -2.13. The van der Waals surface area contributed by atoms with Crippen molar-refractivity contribution in [3.63, 3.8) is 0 Å². The molecule has 0 unspecified atom stereocenters. The number of Topliss-reactive ketones (excluding diaryl/α,β-unsaturated/α-hetero) is 1. The van der Waals surface area contributed by atoms with Crippen molar-refractivity contribution in [1.82, 2.24) is 0 Å². The Labute approximate surface area is 154 Å². The zero-order chi connectivity index (χ0) is 18.8. The highest BCUT2D eigenvalue weighted by atomic mass is 35.5. The van der Waals surface area contributed by atoms with Gasteiger partial charge in [-0.25, -0.2) is 0 Å². The summed E-state index contributed by atoms with van der Waals surface area (Å²) in [6.45, 7) is 1.47. The number of methoxy groups -OCH3 is 2. The number of hydrogen-bond donors (Lipinski definition) is 1. The van der Waals surface area contributed by atoms with Crippen LogP contribution in [0.2, 0.25) is 5.02 Å². The fraction of sp³-hybridized carbons (Fsp3) is 0.222. The molecule has 0 atom stereocenters. The van der Waals surface area contributed by atoms with Crippen LogP contribution in [-0.4, -0.2) is 32.7 Å². The molecule has 0 fully saturated rings. The van der Waals surface area contributed by atoms with Gasteiger partial charge >= 0.3 is 0 Å². The van der Waals surface area contributed by atoms with Crippen LogP contribution in [0.15, 0.2) is 24.3 Å². The van der Waals surface area contributed by atoms with E-state index in [1.165, 1.54) is 33.3 Å². The molecule has 136 valence electrons. The second-order valence-corrected chi connectivity index (χ2v) is 5.86. The largest absolute Gasteiger partial charge is 0.493 e. The Bertz CT molecular complexity index is 896. The molecule has 1 heterocycles. The van der Waals surface area contributed by atoms with Gasteiger partial charge in [-0.1, -0.05) is 11.6 Å². The van der Waals surface area contributed by atoms with E-state index < -0.39 is 5.91 Å². The highest BCUT2D eigenvalue weighted by Crippen LogP contribution is 2.38. The Balaban J connectivity index is 1.96. The predicted molar refractivity (Wildman–Crippen MR) is 95.1 cm³/mol. The minimum Gasteiger partial charge on any atom is -0.493 e. The molecule has 3 rings (SSSR count). The van der Waals surface area contributed by atoms with E-state index in [1.807, 2.05) is 0 Å². The third-order valence-corrected chi connectivity index (χ3v) is 4.12. The van der Waals surface area contributed by atoms with Crippen LogP contribution < -0.4 is 24.3 Å². The number of carbonyl (C=O) groups excluding carboxylic acids is 2. The molecule has 0 bridgehead atoms. The number of carbonyl (C=O) groups is 2. The lowest BCUT2D eigenvalue weighted by atomic mass is 10.1. The maximum Gasteiger partial charge on any atom is 0.255 e. The topological polar surface area (TPSA) is 83.1 Å². The second-order valence-electron chi connectivity index (χ2n) is 5.45. The van der Waals surface area contributed by atoms with Crippen LogP contribution in [0.5, 0.6) is 23.0 Å². The summed E-state index contributed by atoms with van der Waals surface area (Å²) in [5.41, 5.74) is 0.881. The summed E-state index contributed by atoms with van der Waals surface area (Å²) in [7, 11) is 2.90. The summed E-state index contributed by atoms with van der Waals surface area (Å²) < 4.78 is 20.9. The summed E-state index contributed by atoms with van der Waals surface area (Å²) in [6, 6.07) is 6.06. The number of amides is 1. The molecule has 8 heteroatoms. The van der Waals surface area contributed by atoms with Gasteiger partial charge in [-0.15, -0.1) is 0 Å². The molecule has 1 amide bonds. The molecular formula is C18H16ClNO6. The fourth-order valence-electron chi connectivity index (χ4n) is 2.58. The predicted octanol–water partition coefficient (Wildman–Crippen LogP) is 3.54. The number of hydrogen-bond acceptors (Lipinski definition) is 6. The summed E-state index contributed by atoms with van der Waals surface area (Å²) in [6.07, 6.45) is 0. The van der Waals surface area contributed by atoms with Crippen molar-refractivity contribution < 1.29 is 28.5 Å². The molecule has 0 radical (unpaired) electrons. The molecule has 1 N–H and O–H groups in total. The Kier molecular flexibility index (Phi) is 4.90. The molecule has 0 spiro atoms. The van der Waals surface area contributed by atoms with E-state index in [-0.39, 0.29) is 23.2 Å². The molecule has 26 heavy (non-hydrogen) atoms. The molecule has 0 saturated carbocycles. The lowest BCUT2D eigenvalue weighted by Crippen LogP contribution is -2.14. The summed E-state index contributed by atoms with van der Waals surface area (Å²) in [5.74, 6) is 0.886. The first-order valence-electron chi connectivity index (χ1n) is 7.62. The van der Waals surface area contributed by atoms with Gasteiger partial charge < -0.3 is 24.3 Å². The molecule has 2 aromatic carbocycles. The Morgan fingerprint density at radius 1 is 1.08 bits per heavy atom. The first kappa shape index (κ1) is 17.9. The highest BCUT2D eigenvalue weighted by molar-refractivity contribution is 6.32. The number of fused-ring (bicyclic) bond motifs is 1. The minimum absolute atomic E-state index is 0.0648. The number of benzene rings is 2. The first-order chi connectivity index (χ1) is 12.4. The Morgan fingerprint density at radius 2 is 1.77 bits per heavy atom. The quantitative estimate of drug-likeness (QED) is 0.802. The van der Waals surface area contributed by atoms with Crippen LogP contribution >= 0.6 is 11.6 Å². The van der Waals surface area contributed by atoms with E-state index in [9.17, 15) is 9.59 Å². The van der Waals surface area contributed by atoms with Crippen molar-refractivity contribution >= 4 is 29.0 Å². The number of ether oxygens (including phenoxy) is 4. The molecular weight excluding hydrogens is 362 g/mol. The zero-order valence-corrected chi connectivity index (χ0v) is 15.1. The molecule has 1 aliphatic rings. The molecule has 0 aliphatic carbocycles. The van der Waals surface area contributed by atoms with Crippen molar-refractivity contribution in [1.29, 1.82) is 0 Å². The van der Waals surface area contributed by atoms with Gasteiger partial charge in [0.15, 0.2) is 28.8 Å². The molecule has 0 saturated heterocycles. The monoisotopic (exact) mass is 377 g/mol. The van der Waals surface area contributed by atoms with Gasteiger partial charge in [0.2, 0.25) is 6.79 Å². The number of ketones is 1. The van der Waals surface area contributed by atoms with Gasteiger partial charge in [-0.05, 0) is 25.1 Å². The van der Waals surface area contributed by atoms with Gasteiger partial charge in [-0.2, -0.15) is 0 Å². The van der Waals surface area contributed by atoms with Crippen LogP contribution in [0.25, 0.3) is 0 Å². The fourth-order valence-corrected chi connectivity index (χ4v) is 2.87. The van der Waals surface area contributed by atoms with Crippen molar-refractivity contribution in [2.75, 3.05) is 26.3 Å². The van der Waals surface area contributed by atoms with Crippen LogP contribution in [-0.2, 0) is 0 Å². The average Bonchev–Trinajstić information content (AvgIpc) is 3.07. The Hall–Kier alpha value is -2.93. The number of rotatable bonds is 5. The third kappa shape index (κ3) is 3.25. The summed E-state index contributed by atoms with van der Waals surface area (Å²) >= 11 is 6.14. The van der Waals surface area contributed by atoms with E-state index in [4.69, 9.17) is 30.5 Å². The summed E-state index contributed by atoms with van der Waals surface area (Å²) in [4.78, 5) is 24.6. The van der Waals surface area contributed by atoms with Crippen LogP contribution in [0.4, 0.5) is 5.69 Å². The maximum atomic E-state index is 12.7. The lowest BCUT2D eigenvalue weighted by molar-refractivity contribution is 0.101. The van der Waals surface area contributed by atoms with Gasteiger partial charge in [-0.3, -0.25) is 9.59 Å². The molecule has 0 aromatic heterocycles. The Morgan fingerprint density at radius 3 is 2.38 bits per heavy atom. The van der Waals surface area contributed by atoms with Crippen LogP contribution in [0, 0.1) is 0 Å². The normalized spacial score (nSPS) is 11.8.